The number of halogens is 1. The van der Waals surface area contributed by atoms with Gasteiger partial charge in [0.25, 0.3) is 5.91 Å². The fourth-order valence-electron chi connectivity index (χ4n) is 2.23. The molecule has 24 heavy (non-hydrogen) atoms. The highest BCUT2D eigenvalue weighted by Gasteiger charge is 2.11. The van der Waals surface area contributed by atoms with Crippen LogP contribution in [0.3, 0.4) is 0 Å². The Morgan fingerprint density at radius 1 is 1.25 bits per heavy atom. The molecule has 0 unspecified atom stereocenters. The second-order valence-corrected chi connectivity index (χ2v) is 6.24. The number of aryl methyl sites for hydroxylation is 1. The number of amides is 1. The van der Waals surface area contributed by atoms with E-state index in [1.54, 1.807) is 12.1 Å². The molecule has 7 heteroatoms. The molecule has 3 aromatic rings. The number of rotatable bonds is 4. The zero-order valence-corrected chi connectivity index (χ0v) is 14.5. The number of carbonyl (C=O) groups is 1. The SMILES string of the molecule is Cc1ccc(NCC(=O)N=Nc2c(O)[nH]c3ccc(Br)cc23)cc1. The molecule has 1 amide bonds. The Morgan fingerprint density at radius 2 is 2.00 bits per heavy atom. The van der Waals surface area contributed by atoms with Gasteiger partial charge in [-0.3, -0.25) is 4.79 Å². The number of anilines is 1. The van der Waals surface area contributed by atoms with Crippen LogP contribution in [0.2, 0.25) is 0 Å². The molecule has 0 aliphatic rings. The second-order valence-electron chi connectivity index (χ2n) is 5.33. The van der Waals surface area contributed by atoms with Crippen molar-refractivity contribution in [3.05, 3.63) is 52.5 Å². The molecule has 0 aliphatic carbocycles. The van der Waals surface area contributed by atoms with Crippen LogP contribution in [-0.4, -0.2) is 22.5 Å². The van der Waals surface area contributed by atoms with Crippen molar-refractivity contribution in [1.29, 1.82) is 0 Å². The molecule has 1 aromatic heterocycles. The fourth-order valence-corrected chi connectivity index (χ4v) is 2.59. The number of hydrogen-bond acceptors (Lipinski definition) is 4. The van der Waals surface area contributed by atoms with Crippen molar-refractivity contribution in [2.24, 2.45) is 10.2 Å². The summed E-state index contributed by atoms with van der Waals surface area (Å²) in [5.74, 6) is -0.550. The van der Waals surface area contributed by atoms with Crippen LogP contribution in [0.25, 0.3) is 10.9 Å². The number of aromatic nitrogens is 1. The van der Waals surface area contributed by atoms with Crippen molar-refractivity contribution in [3.8, 4) is 5.88 Å². The third kappa shape index (κ3) is 3.62. The molecule has 0 radical (unpaired) electrons. The normalized spacial score (nSPS) is 11.2. The van der Waals surface area contributed by atoms with Gasteiger partial charge in [-0.15, -0.1) is 10.2 Å². The maximum absolute atomic E-state index is 11.9. The van der Waals surface area contributed by atoms with E-state index in [2.05, 4.69) is 36.5 Å². The lowest BCUT2D eigenvalue weighted by Crippen LogP contribution is -2.10. The van der Waals surface area contributed by atoms with Gasteiger partial charge >= 0.3 is 0 Å². The highest BCUT2D eigenvalue weighted by Crippen LogP contribution is 2.36. The van der Waals surface area contributed by atoms with Gasteiger partial charge in [0.1, 0.15) is 0 Å². The Bertz CT molecular complexity index is 916. The van der Waals surface area contributed by atoms with Gasteiger partial charge in [-0.05, 0) is 37.3 Å². The summed E-state index contributed by atoms with van der Waals surface area (Å²) in [7, 11) is 0. The predicted octanol–water partition coefficient (Wildman–Crippen LogP) is 4.67. The van der Waals surface area contributed by atoms with E-state index >= 15 is 0 Å². The first-order chi connectivity index (χ1) is 11.5. The highest BCUT2D eigenvalue weighted by atomic mass is 79.9. The molecule has 0 saturated heterocycles. The van der Waals surface area contributed by atoms with E-state index in [0.29, 0.717) is 5.39 Å². The minimum Gasteiger partial charge on any atom is -0.493 e. The number of fused-ring (bicyclic) bond motifs is 1. The molecule has 1 heterocycles. The quantitative estimate of drug-likeness (QED) is 0.569. The van der Waals surface area contributed by atoms with Gasteiger partial charge in [-0.2, -0.15) is 0 Å². The highest BCUT2D eigenvalue weighted by molar-refractivity contribution is 9.10. The number of nitrogens with one attached hydrogen (secondary N) is 2. The average Bonchev–Trinajstić information content (AvgIpc) is 2.87. The third-order valence-corrected chi connectivity index (χ3v) is 3.96. The molecule has 0 fully saturated rings. The van der Waals surface area contributed by atoms with Gasteiger partial charge in [0, 0.05) is 15.5 Å². The van der Waals surface area contributed by atoms with Crippen molar-refractivity contribution < 1.29 is 9.90 Å². The van der Waals surface area contributed by atoms with Gasteiger partial charge in [0.15, 0.2) is 5.69 Å². The van der Waals surface area contributed by atoms with Crippen LogP contribution in [0, 0.1) is 6.92 Å². The molecule has 0 spiro atoms. The Kier molecular flexibility index (Phi) is 4.61. The first-order valence-electron chi connectivity index (χ1n) is 7.28. The summed E-state index contributed by atoms with van der Waals surface area (Å²) in [6.07, 6.45) is 0. The summed E-state index contributed by atoms with van der Waals surface area (Å²) in [6, 6.07) is 13.1. The van der Waals surface area contributed by atoms with Gasteiger partial charge in [-0.25, -0.2) is 0 Å². The van der Waals surface area contributed by atoms with Gasteiger partial charge in [-0.1, -0.05) is 33.6 Å². The molecule has 122 valence electrons. The zero-order chi connectivity index (χ0) is 17.1. The molecule has 3 rings (SSSR count). The number of hydrogen-bond donors (Lipinski definition) is 3. The van der Waals surface area contributed by atoms with E-state index in [4.69, 9.17) is 0 Å². The van der Waals surface area contributed by atoms with Crippen LogP contribution in [0.5, 0.6) is 5.88 Å². The molecular formula is C17H15BrN4O2. The van der Waals surface area contributed by atoms with E-state index in [1.165, 1.54) is 0 Å². The first-order valence-corrected chi connectivity index (χ1v) is 8.07. The first kappa shape index (κ1) is 16.2. The van der Waals surface area contributed by atoms with Gasteiger partial charge in [0.05, 0.1) is 12.1 Å². The molecule has 3 N–H and O–H groups in total. The van der Waals surface area contributed by atoms with Gasteiger partial charge in [0.2, 0.25) is 5.88 Å². The summed E-state index contributed by atoms with van der Waals surface area (Å²) in [6.45, 7) is 2.02. The lowest BCUT2D eigenvalue weighted by molar-refractivity contribution is -0.116. The molecule has 2 aromatic carbocycles. The lowest BCUT2D eigenvalue weighted by Gasteiger charge is -2.03. The number of azo groups is 1. The van der Waals surface area contributed by atoms with Crippen molar-refractivity contribution >= 4 is 44.1 Å². The van der Waals surface area contributed by atoms with Crippen LogP contribution in [-0.2, 0) is 4.79 Å². The Morgan fingerprint density at radius 3 is 2.75 bits per heavy atom. The largest absolute Gasteiger partial charge is 0.493 e. The average molecular weight is 387 g/mol. The van der Waals surface area contributed by atoms with Crippen molar-refractivity contribution in [2.75, 3.05) is 11.9 Å². The monoisotopic (exact) mass is 386 g/mol. The van der Waals surface area contributed by atoms with E-state index in [0.717, 1.165) is 21.2 Å². The van der Waals surface area contributed by atoms with E-state index in [-0.39, 0.29) is 18.1 Å². The molecule has 0 bridgehead atoms. The summed E-state index contributed by atoms with van der Waals surface area (Å²) in [5, 5.41) is 21.2. The molecule has 0 atom stereocenters. The van der Waals surface area contributed by atoms with Gasteiger partial charge < -0.3 is 15.4 Å². The Balaban J connectivity index is 1.71. The molecule has 0 saturated carbocycles. The van der Waals surface area contributed by atoms with Crippen LogP contribution in [0.1, 0.15) is 5.56 Å². The van der Waals surface area contributed by atoms with Crippen molar-refractivity contribution in [3.63, 3.8) is 0 Å². The van der Waals surface area contributed by atoms with Crippen molar-refractivity contribution in [2.45, 2.75) is 6.92 Å². The molecular weight excluding hydrogens is 372 g/mol. The summed E-state index contributed by atoms with van der Waals surface area (Å²) in [4.78, 5) is 14.7. The van der Waals surface area contributed by atoms with Crippen LogP contribution in [0.15, 0.2) is 57.2 Å². The number of carbonyl (C=O) groups excluding carboxylic acids is 1. The maximum atomic E-state index is 11.9. The summed E-state index contributed by atoms with van der Waals surface area (Å²) in [5.41, 5.74) is 2.94. The number of benzene rings is 2. The predicted molar refractivity (Wildman–Crippen MR) is 96.9 cm³/mol. The minimum atomic E-state index is -0.431. The second kappa shape index (κ2) is 6.84. The molecule has 6 nitrogen and oxygen atoms in total. The fraction of sp³-hybridized carbons (Fsp3) is 0.118. The minimum absolute atomic E-state index is 0.0272. The lowest BCUT2D eigenvalue weighted by atomic mass is 10.2. The zero-order valence-electron chi connectivity index (χ0n) is 12.9. The number of nitrogens with zero attached hydrogens (tertiary/aromatic N) is 2. The topological polar surface area (TPSA) is 89.8 Å². The maximum Gasteiger partial charge on any atom is 0.283 e. The number of aromatic amines is 1. The van der Waals surface area contributed by atoms with E-state index < -0.39 is 5.91 Å². The molecule has 0 aliphatic heterocycles. The smallest absolute Gasteiger partial charge is 0.283 e. The third-order valence-electron chi connectivity index (χ3n) is 3.47. The Labute approximate surface area is 146 Å². The Hall–Kier alpha value is -2.67. The van der Waals surface area contributed by atoms with Crippen LogP contribution >= 0.6 is 15.9 Å². The van der Waals surface area contributed by atoms with Crippen LogP contribution < -0.4 is 5.32 Å². The number of aromatic hydroxyl groups is 1. The van der Waals surface area contributed by atoms with Crippen LogP contribution in [0.4, 0.5) is 11.4 Å². The summed E-state index contributed by atoms with van der Waals surface area (Å²) >= 11 is 3.37. The summed E-state index contributed by atoms with van der Waals surface area (Å²) < 4.78 is 0.845. The van der Waals surface area contributed by atoms with E-state index in [1.807, 2.05) is 37.3 Å². The van der Waals surface area contributed by atoms with Crippen molar-refractivity contribution in [1.82, 2.24) is 4.98 Å². The number of H-pyrrole nitrogens is 1. The standard InChI is InChI=1S/C17H15BrN4O2/c1-10-2-5-12(6-3-10)19-9-15(23)21-22-16-13-8-11(18)4-7-14(13)20-17(16)24/h2-8,19-20,24H,9H2,1H3. The van der Waals surface area contributed by atoms with E-state index in [9.17, 15) is 9.90 Å².